The molecule has 0 saturated carbocycles. The van der Waals surface area contributed by atoms with Gasteiger partial charge in [-0.3, -0.25) is 0 Å². The summed E-state index contributed by atoms with van der Waals surface area (Å²) in [6, 6.07) is 4.28. The van der Waals surface area contributed by atoms with Gasteiger partial charge in [-0.15, -0.1) is 6.58 Å². The van der Waals surface area contributed by atoms with Gasteiger partial charge < -0.3 is 5.73 Å². The lowest BCUT2D eigenvalue weighted by atomic mass is 10.3. The van der Waals surface area contributed by atoms with Gasteiger partial charge in [-0.1, -0.05) is 17.7 Å². The largest absolute Gasteiger partial charge is 0.398 e. The molecule has 1 aromatic rings. The van der Waals surface area contributed by atoms with E-state index in [0.717, 1.165) is 0 Å². The van der Waals surface area contributed by atoms with Gasteiger partial charge in [-0.25, -0.2) is 13.1 Å². The van der Waals surface area contributed by atoms with Crippen LogP contribution < -0.4 is 10.5 Å². The highest BCUT2D eigenvalue weighted by atomic mass is 35.5. The molecule has 0 amide bonds. The molecule has 0 atom stereocenters. The Hall–Kier alpha value is -1.04. The van der Waals surface area contributed by atoms with Crippen LogP contribution in [0.4, 0.5) is 5.69 Å². The zero-order valence-electron chi connectivity index (χ0n) is 8.61. The molecule has 0 bridgehead atoms. The summed E-state index contributed by atoms with van der Waals surface area (Å²) in [5.41, 5.74) is 5.73. The molecule has 0 aromatic heterocycles. The van der Waals surface area contributed by atoms with E-state index < -0.39 is 10.0 Å². The number of hydrogen-bond acceptors (Lipinski definition) is 3. The summed E-state index contributed by atoms with van der Waals surface area (Å²) in [5.74, 6) is 0. The zero-order valence-corrected chi connectivity index (χ0v) is 10.2. The summed E-state index contributed by atoms with van der Waals surface area (Å²) in [5, 5.41) is 0.405. The molecule has 6 heteroatoms. The number of rotatable bonds is 5. The van der Waals surface area contributed by atoms with Gasteiger partial charge in [0.1, 0.15) is 4.90 Å². The lowest BCUT2D eigenvalue weighted by Crippen LogP contribution is -2.25. The molecule has 0 aliphatic heterocycles. The Bertz CT molecular complexity index is 486. The summed E-state index contributed by atoms with van der Waals surface area (Å²) >= 11 is 5.69. The normalized spacial score (nSPS) is 11.3. The fourth-order valence-corrected chi connectivity index (χ4v) is 2.48. The second-order valence-electron chi connectivity index (χ2n) is 3.16. The van der Waals surface area contributed by atoms with E-state index in [4.69, 9.17) is 17.3 Å². The average molecular weight is 261 g/mol. The molecule has 16 heavy (non-hydrogen) atoms. The number of anilines is 1. The molecule has 1 rings (SSSR count). The first kappa shape index (κ1) is 13.0. The molecular weight excluding hydrogens is 248 g/mol. The minimum atomic E-state index is -3.56. The second kappa shape index (κ2) is 5.34. The molecule has 1 aromatic carbocycles. The molecule has 0 saturated heterocycles. The minimum absolute atomic E-state index is 0.0426. The molecular formula is C10H13ClN2O2S. The van der Waals surface area contributed by atoms with Gasteiger partial charge in [-0.05, 0) is 24.6 Å². The Labute approximate surface area is 100 Å². The summed E-state index contributed by atoms with van der Waals surface area (Å²) < 4.78 is 26.0. The van der Waals surface area contributed by atoms with Crippen LogP contribution in [0.15, 0.2) is 35.7 Å². The van der Waals surface area contributed by atoms with Crippen LogP contribution >= 0.6 is 11.6 Å². The van der Waals surface area contributed by atoms with Crippen molar-refractivity contribution in [3.05, 3.63) is 35.9 Å². The molecule has 0 spiro atoms. The smallest absolute Gasteiger partial charge is 0.242 e. The van der Waals surface area contributed by atoms with Crippen LogP contribution in [0.25, 0.3) is 0 Å². The molecule has 3 N–H and O–H groups in total. The van der Waals surface area contributed by atoms with Gasteiger partial charge in [0.05, 0.1) is 5.69 Å². The van der Waals surface area contributed by atoms with Gasteiger partial charge in [0.15, 0.2) is 0 Å². The highest BCUT2D eigenvalue weighted by Crippen LogP contribution is 2.21. The van der Waals surface area contributed by atoms with E-state index in [-0.39, 0.29) is 10.6 Å². The van der Waals surface area contributed by atoms with Crippen LogP contribution in [0.1, 0.15) is 6.42 Å². The van der Waals surface area contributed by atoms with E-state index in [1.807, 2.05) is 0 Å². The van der Waals surface area contributed by atoms with E-state index in [1.54, 1.807) is 6.08 Å². The molecule has 0 aliphatic carbocycles. The molecule has 88 valence electrons. The first-order valence-corrected chi connectivity index (χ1v) is 6.49. The van der Waals surface area contributed by atoms with E-state index in [0.29, 0.717) is 18.0 Å². The highest BCUT2D eigenvalue weighted by molar-refractivity contribution is 7.89. The molecule has 0 heterocycles. The second-order valence-corrected chi connectivity index (χ2v) is 5.33. The van der Waals surface area contributed by atoms with Crippen molar-refractivity contribution in [3.63, 3.8) is 0 Å². The third kappa shape index (κ3) is 3.23. The third-order valence-electron chi connectivity index (χ3n) is 1.90. The SMILES string of the molecule is C=CCCNS(=O)(=O)c1ccc(Cl)cc1N. The van der Waals surface area contributed by atoms with Crippen molar-refractivity contribution in [3.8, 4) is 0 Å². The number of sulfonamides is 1. The van der Waals surface area contributed by atoms with Crippen molar-refractivity contribution in [1.29, 1.82) is 0 Å². The number of hydrogen-bond donors (Lipinski definition) is 2. The number of nitrogens with one attached hydrogen (secondary N) is 1. The van der Waals surface area contributed by atoms with Gasteiger partial charge in [-0.2, -0.15) is 0 Å². The minimum Gasteiger partial charge on any atom is -0.398 e. The Morgan fingerprint density at radius 1 is 1.50 bits per heavy atom. The van der Waals surface area contributed by atoms with Crippen molar-refractivity contribution < 1.29 is 8.42 Å². The maximum atomic E-state index is 11.8. The zero-order chi connectivity index (χ0) is 12.2. The molecule has 4 nitrogen and oxygen atoms in total. The topological polar surface area (TPSA) is 72.2 Å². The summed E-state index contributed by atoms with van der Waals surface area (Å²) in [7, 11) is -3.56. The molecule has 0 radical (unpaired) electrons. The lowest BCUT2D eigenvalue weighted by Gasteiger charge is -2.08. The first-order valence-electron chi connectivity index (χ1n) is 4.63. The van der Waals surface area contributed by atoms with Crippen LogP contribution in [-0.4, -0.2) is 15.0 Å². The van der Waals surface area contributed by atoms with Crippen molar-refractivity contribution in [2.24, 2.45) is 0 Å². The Balaban J connectivity index is 2.94. The summed E-state index contributed by atoms with van der Waals surface area (Å²) in [4.78, 5) is 0.0426. The van der Waals surface area contributed by atoms with Crippen molar-refractivity contribution >= 4 is 27.3 Å². The molecule has 0 fully saturated rings. The number of halogens is 1. The monoisotopic (exact) mass is 260 g/mol. The number of benzene rings is 1. The summed E-state index contributed by atoms with van der Waals surface area (Å²) in [6.07, 6.45) is 2.19. The summed E-state index contributed by atoms with van der Waals surface area (Å²) in [6.45, 7) is 3.80. The van der Waals surface area contributed by atoms with Crippen molar-refractivity contribution in [2.75, 3.05) is 12.3 Å². The fraction of sp³-hybridized carbons (Fsp3) is 0.200. The molecule has 0 unspecified atom stereocenters. The Kier molecular flexibility index (Phi) is 4.35. The van der Waals surface area contributed by atoms with Crippen LogP contribution in [0.2, 0.25) is 5.02 Å². The standard InChI is InChI=1S/C10H13ClN2O2S/c1-2-3-6-13-16(14,15)10-5-4-8(11)7-9(10)12/h2,4-5,7,13H,1,3,6,12H2. The lowest BCUT2D eigenvalue weighted by molar-refractivity contribution is 0.582. The van der Waals surface area contributed by atoms with Crippen molar-refractivity contribution in [1.82, 2.24) is 4.72 Å². The van der Waals surface area contributed by atoms with Crippen LogP contribution in [0, 0.1) is 0 Å². The van der Waals surface area contributed by atoms with Crippen LogP contribution in [-0.2, 0) is 10.0 Å². The fourth-order valence-electron chi connectivity index (χ4n) is 1.14. The van der Waals surface area contributed by atoms with E-state index >= 15 is 0 Å². The van der Waals surface area contributed by atoms with Crippen LogP contribution in [0.3, 0.4) is 0 Å². The average Bonchev–Trinajstić information content (AvgIpc) is 2.17. The van der Waals surface area contributed by atoms with Gasteiger partial charge in [0, 0.05) is 11.6 Å². The molecule has 0 aliphatic rings. The number of nitrogen functional groups attached to an aromatic ring is 1. The quantitative estimate of drug-likeness (QED) is 0.482. The van der Waals surface area contributed by atoms with Gasteiger partial charge in [0.2, 0.25) is 10.0 Å². The van der Waals surface area contributed by atoms with Gasteiger partial charge in [0.25, 0.3) is 0 Å². The third-order valence-corrected chi connectivity index (χ3v) is 3.67. The first-order chi connectivity index (χ1) is 7.47. The maximum absolute atomic E-state index is 11.8. The predicted octanol–water partition coefficient (Wildman–Crippen LogP) is 1.78. The van der Waals surface area contributed by atoms with E-state index in [9.17, 15) is 8.42 Å². The van der Waals surface area contributed by atoms with E-state index in [1.165, 1.54) is 18.2 Å². The van der Waals surface area contributed by atoms with Crippen molar-refractivity contribution in [2.45, 2.75) is 11.3 Å². The van der Waals surface area contributed by atoms with E-state index in [2.05, 4.69) is 11.3 Å². The Morgan fingerprint density at radius 3 is 2.75 bits per heavy atom. The predicted molar refractivity (Wildman–Crippen MR) is 65.9 cm³/mol. The Morgan fingerprint density at radius 2 is 2.19 bits per heavy atom. The number of nitrogens with two attached hydrogens (primary N) is 1. The highest BCUT2D eigenvalue weighted by Gasteiger charge is 2.16. The maximum Gasteiger partial charge on any atom is 0.242 e. The van der Waals surface area contributed by atoms with Gasteiger partial charge >= 0.3 is 0 Å². The van der Waals surface area contributed by atoms with Crippen LogP contribution in [0.5, 0.6) is 0 Å².